The van der Waals surface area contributed by atoms with E-state index in [1.807, 2.05) is 0 Å². The van der Waals surface area contributed by atoms with Gasteiger partial charge in [0, 0.05) is 6.42 Å². The number of hydrogen-bond donors (Lipinski definition) is 0. The summed E-state index contributed by atoms with van der Waals surface area (Å²) < 4.78 is 5.49. The maximum Gasteiger partial charge on any atom is 0.305 e. The van der Waals surface area contributed by atoms with Gasteiger partial charge in [0.2, 0.25) is 0 Å². The predicted octanol–water partition coefficient (Wildman–Crippen LogP) is 18.3. The lowest BCUT2D eigenvalue weighted by molar-refractivity contribution is -0.143. The number of carbonyl (C=O) groups is 1. The number of unbranched alkanes of at least 4 members (excludes halogenated alkanes) is 40. The fourth-order valence-corrected chi connectivity index (χ4v) is 7.72. The molecule has 2 nitrogen and oxygen atoms in total. The summed E-state index contributed by atoms with van der Waals surface area (Å²) in [5.41, 5.74) is 0. The molecule has 0 aliphatic heterocycles. The van der Waals surface area contributed by atoms with E-state index in [0.29, 0.717) is 13.0 Å². The Labute approximate surface area is 329 Å². The molecule has 0 aromatic heterocycles. The molecule has 0 unspecified atom stereocenters. The van der Waals surface area contributed by atoms with Gasteiger partial charge in [0.1, 0.15) is 0 Å². The number of allylic oxidation sites excluding steroid dienone is 2. The molecule has 0 amide bonds. The molecule has 0 aliphatic carbocycles. The number of carbonyl (C=O) groups excluding carboxylic acids is 1. The van der Waals surface area contributed by atoms with Crippen molar-refractivity contribution < 1.29 is 9.53 Å². The molecule has 0 aromatic carbocycles. The number of rotatable bonds is 46. The first-order valence-electron chi connectivity index (χ1n) is 24.6. The maximum atomic E-state index is 12.0. The monoisotopic (exact) mass is 731 g/mol. The second kappa shape index (κ2) is 48.2. The van der Waals surface area contributed by atoms with E-state index in [0.717, 1.165) is 12.8 Å². The molecule has 0 radical (unpaired) electrons. The summed E-state index contributed by atoms with van der Waals surface area (Å²) in [4.78, 5) is 12.0. The van der Waals surface area contributed by atoms with Crippen molar-refractivity contribution in [3.8, 4) is 0 Å². The molecule has 0 bridgehead atoms. The van der Waals surface area contributed by atoms with Gasteiger partial charge in [0.25, 0.3) is 0 Å². The normalized spacial score (nSPS) is 11.7. The molecule has 0 aromatic rings. The third-order valence-corrected chi connectivity index (χ3v) is 11.4. The standard InChI is InChI=1S/C50H98O2/c1-3-5-7-9-11-13-15-17-19-21-23-25-26-27-29-31-33-35-37-39-41-43-45-47-49-52-50(51)48-46-44-42-40-38-36-34-32-30-28-24-22-20-18-16-14-12-10-8-6-4-2/h18,20H,3-17,19,21-49H2,1-2H3. The van der Waals surface area contributed by atoms with Crippen LogP contribution in [0.5, 0.6) is 0 Å². The smallest absolute Gasteiger partial charge is 0.305 e. The van der Waals surface area contributed by atoms with Gasteiger partial charge in [-0.3, -0.25) is 4.79 Å². The molecule has 0 N–H and O–H groups in total. The third-order valence-electron chi connectivity index (χ3n) is 11.4. The molecule has 0 saturated heterocycles. The number of hydrogen-bond acceptors (Lipinski definition) is 2. The van der Waals surface area contributed by atoms with Crippen molar-refractivity contribution in [2.24, 2.45) is 0 Å². The van der Waals surface area contributed by atoms with Gasteiger partial charge in [-0.05, 0) is 38.5 Å². The van der Waals surface area contributed by atoms with E-state index < -0.39 is 0 Å². The zero-order valence-electron chi connectivity index (χ0n) is 36.3. The average molecular weight is 731 g/mol. The Morgan fingerprint density at radius 1 is 0.308 bits per heavy atom. The maximum absolute atomic E-state index is 12.0. The Balaban J connectivity index is 3.16. The van der Waals surface area contributed by atoms with Gasteiger partial charge in [0.15, 0.2) is 0 Å². The van der Waals surface area contributed by atoms with Crippen LogP contribution in [0.15, 0.2) is 12.2 Å². The van der Waals surface area contributed by atoms with Gasteiger partial charge >= 0.3 is 5.97 Å². The van der Waals surface area contributed by atoms with Gasteiger partial charge < -0.3 is 4.74 Å². The lowest BCUT2D eigenvalue weighted by Gasteiger charge is -2.06. The molecule has 310 valence electrons. The van der Waals surface area contributed by atoms with E-state index in [9.17, 15) is 4.79 Å². The molecule has 0 spiro atoms. The minimum absolute atomic E-state index is 0.0300. The van der Waals surface area contributed by atoms with E-state index in [-0.39, 0.29) is 5.97 Å². The summed E-state index contributed by atoms with van der Waals surface area (Å²) in [7, 11) is 0. The van der Waals surface area contributed by atoms with Crippen molar-refractivity contribution in [3.63, 3.8) is 0 Å². The van der Waals surface area contributed by atoms with Crippen LogP contribution < -0.4 is 0 Å². The highest BCUT2D eigenvalue weighted by Crippen LogP contribution is 2.17. The van der Waals surface area contributed by atoms with Crippen molar-refractivity contribution >= 4 is 5.97 Å². The second-order valence-corrected chi connectivity index (χ2v) is 16.8. The third kappa shape index (κ3) is 47.2. The molecule has 0 atom stereocenters. The highest BCUT2D eigenvalue weighted by molar-refractivity contribution is 5.69. The lowest BCUT2D eigenvalue weighted by Crippen LogP contribution is -2.05. The van der Waals surface area contributed by atoms with Crippen molar-refractivity contribution in [2.75, 3.05) is 6.61 Å². The molecule has 0 saturated carbocycles. The highest BCUT2D eigenvalue weighted by atomic mass is 16.5. The molecule has 0 aliphatic rings. The Morgan fingerprint density at radius 2 is 0.538 bits per heavy atom. The molecule has 0 fully saturated rings. The first kappa shape index (κ1) is 51.2. The number of ether oxygens (including phenoxy) is 1. The molecular formula is C50H98O2. The Kier molecular flexibility index (Phi) is 47.5. The first-order chi connectivity index (χ1) is 25.8. The summed E-state index contributed by atoms with van der Waals surface area (Å²) in [6.07, 6.45) is 64.9. The van der Waals surface area contributed by atoms with Gasteiger partial charge in [-0.15, -0.1) is 0 Å². The summed E-state index contributed by atoms with van der Waals surface area (Å²) in [6.45, 7) is 5.23. The molecular weight excluding hydrogens is 633 g/mol. The summed E-state index contributed by atoms with van der Waals surface area (Å²) in [6, 6.07) is 0. The van der Waals surface area contributed by atoms with Crippen LogP contribution in [0.2, 0.25) is 0 Å². The van der Waals surface area contributed by atoms with E-state index in [4.69, 9.17) is 4.74 Å². The minimum atomic E-state index is 0.0300. The quantitative estimate of drug-likeness (QED) is 0.0354. The predicted molar refractivity (Wildman–Crippen MR) is 235 cm³/mol. The number of esters is 1. The molecule has 0 rings (SSSR count). The zero-order chi connectivity index (χ0) is 37.5. The molecule has 0 heterocycles. The molecule has 2 heteroatoms. The summed E-state index contributed by atoms with van der Waals surface area (Å²) in [5.74, 6) is 0.0300. The van der Waals surface area contributed by atoms with Crippen LogP contribution >= 0.6 is 0 Å². The first-order valence-corrected chi connectivity index (χ1v) is 24.6. The van der Waals surface area contributed by atoms with Crippen LogP contribution in [-0.2, 0) is 9.53 Å². The van der Waals surface area contributed by atoms with Gasteiger partial charge in [-0.25, -0.2) is 0 Å². The van der Waals surface area contributed by atoms with Crippen molar-refractivity contribution in [2.45, 2.75) is 296 Å². The Bertz CT molecular complexity index is 669. The summed E-state index contributed by atoms with van der Waals surface area (Å²) >= 11 is 0. The van der Waals surface area contributed by atoms with Crippen LogP contribution in [0.1, 0.15) is 296 Å². The van der Waals surface area contributed by atoms with Crippen LogP contribution in [0.4, 0.5) is 0 Å². The fourth-order valence-electron chi connectivity index (χ4n) is 7.72. The van der Waals surface area contributed by atoms with Crippen LogP contribution in [0, 0.1) is 0 Å². The topological polar surface area (TPSA) is 26.3 Å². The SMILES string of the molecule is CCCCCCCCC=CCCCCCCCCCCCCCC(=O)OCCCCCCCCCCCCCCCCCCCCCCCCCC. The minimum Gasteiger partial charge on any atom is -0.466 e. The second-order valence-electron chi connectivity index (χ2n) is 16.8. The van der Waals surface area contributed by atoms with E-state index >= 15 is 0 Å². The average Bonchev–Trinajstić information content (AvgIpc) is 3.15. The zero-order valence-corrected chi connectivity index (χ0v) is 36.3. The van der Waals surface area contributed by atoms with Crippen molar-refractivity contribution in [1.29, 1.82) is 0 Å². The van der Waals surface area contributed by atoms with Gasteiger partial charge in [-0.1, -0.05) is 264 Å². The van der Waals surface area contributed by atoms with E-state index in [1.165, 1.54) is 263 Å². The van der Waals surface area contributed by atoms with Crippen molar-refractivity contribution in [3.05, 3.63) is 12.2 Å². The van der Waals surface area contributed by atoms with Gasteiger partial charge in [-0.2, -0.15) is 0 Å². The molecule has 52 heavy (non-hydrogen) atoms. The van der Waals surface area contributed by atoms with E-state index in [1.54, 1.807) is 0 Å². The Morgan fingerprint density at radius 3 is 0.827 bits per heavy atom. The largest absolute Gasteiger partial charge is 0.466 e. The Hall–Kier alpha value is -0.790. The highest BCUT2D eigenvalue weighted by Gasteiger charge is 2.03. The van der Waals surface area contributed by atoms with Crippen molar-refractivity contribution in [1.82, 2.24) is 0 Å². The van der Waals surface area contributed by atoms with Crippen LogP contribution in [0.3, 0.4) is 0 Å². The summed E-state index contributed by atoms with van der Waals surface area (Å²) in [5, 5.41) is 0. The van der Waals surface area contributed by atoms with Gasteiger partial charge in [0.05, 0.1) is 6.61 Å². The van der Waals surface area contributed by atoms with Crippen LogP contribution in [-0.4, -0.2) is 12.6 Å². The van der Waals surface area contributed by atoms with E-state index in [2.05, 4.69) is 26.0 Å². The lowest BCUT2D eigenvalue weighted by atomic mass is 10.0. The fraction of sp³-hybridized carbons (Fsp3) is 0.940. The van der Waals surface area contributed by atoms with Crippen LogP contribution in [0.25, 0.3) is 0 Å².